The lowest BCUT2D eigenvalue weighted by Crippen LogP contribution is -1.95. The Morgan fingerprint density at radius 2 is 1.52 bits per heavy atom. The summed E-state index contributed by atoms with van der Waals surface area (Å²) in [7, 11) is 4.72. The molecule has 0 atom stereocenters. The van der Waals surface area contributed by atoms with Crippen LogP contribution in [0.2, 0.25) is 0 Å². The SMILES string of the molecule is COc1cc(OC)c(OC)cc1/C=C(\C#N)c1ccc(I)cc1. The first kappa shape index (κ1) is 17.2. The lowest BCUT2D eigenvalue weighted by molar-refractivity contribution is 0.348. The summed E-state index contributed by atoms with van der Waals surface area (Å²) in [6.45, 7) is 0. The van der Waals surface area contributed by atoms with Crippen LogP contribution in [0.3, 0.4) is 0 Å². The minimum atomic E-state index is 0.548. The topological polar surface area (TPSA) is 51.5 Å². The zero-order chi connectivity index (χ0) is 16.8. The van der Waals surface area contributed by atoms with Crippen molar-refractivity contribution in [3.63, 3.8) is 0 Å². The highest BCUT2D eigenvalue weighted by molar-refractivity contribution is 14.1. The molecule has 4 nitrogen and oxygen atoms in total. The van der Waals surface area contributed by atoms with Crippen molar-refractivity contribution in [2.75, 3.05) is 21.3 Å². The second-order valence-electron chi connectivity index (χ2n) is 4.63. The van der Waals surface area contributed by atoms with Gasteiger partial charge in [-0.1, -0.05) is 12.1 Å². The lowest BCUT2D eigenvalue weighted by atomic mass is 10.0. The number of benzene rings is 2. The Kier molecular flexibility index (Phi) is 5.88. The van der Waals surface area contributed by atoms with Crippen LogP contribution in [0.15, 0.2) is 36.4 Å². The van der Waals surface area contributed by atoms with E-state index >= 15 is 0 Å². The number of allylic oxidation sites excluding steroid dienone is 1. The first-order chi connectivity index (χ1) is 11.1. The van der Waals surface area contributed by atoms with Crippen molar-refractivity contribution >= 4 is 34.2 Å². The Balaban J connectivity index is 2.55. The average molecular weight is 421 g/mol. The van der Waals surface area contributed by atoms with Crippen LogP contribution in [0.4, 0.5) is 0 Å². The quantitative estimate of drug-likeness (QED) is 0.409. The molecule has 0 spiro atoms. The normalized spacial score (nSPS) is 10.8. The highest BCUT2D eigenvalue weighted by Gasteiger charge is 2.12. The number of hydrogen-bond donors (Lipinski definition) is 0. The van der Waals surface area contributed by atoms with Crippen molar-refractivity contribution in [1.82, 2.24) is 0 Å². The second-order valence-corrected chi connectivity index (χ2v) is 5.87. The van der Waals surface area contributed by atoms with E-state index in [4.69, 9.17) is 14.2 Å². The molecule has 0 radical (unpaired) electrons. The summed E-state index contributed by atoms with van der Waals surface area (Å²) in [6.07, 6.45) is 1.78. The molecule has 2 aromatic carbocycles. The number of nitrogens with zero attached hydrogens (tertiary/aromatic N) is 1. The molecule has 0 aliphatic rings. The molecule has 0 heterocycles. The Labute approximate surface area is 149 Å². The molecule has 0 aliphatic carbocycles. The van der Waals surface area contributed by atoms with E-state index in [-0.39, 0.29) is 0 Å². The van der Waals surface area contributed by atoms with Gasteiger partial charge in [-0.2, -0.15) is 5.26 Å². The molecule has 5 heteroatoms. The molecule has 0 bridgehead atoms. The van der Waals surface area contributed by atoms with Crippen molar-refractivity contribution < 1.29 is 14.2 Å². The second kappa shape index (κ2) is 7.88. The van der Waals surface area contributed by atoms with Crippen LogP contribution >= 0.6 is 22.6 Å². The summed E-state index contributed by atoms with van der Waals surface area (Å²) in [4.78, 5) is 0. The van der Waals surface area contributed by atoms with E-state index in [1.54, 1.807) is 39.5 Å². The summed E-state index contributed by atoms with van der Waals surface area (Å²) in [5.41, 5.74) is 2.15. The maximum Gasteiger partial charge on any atom is 0.164 e. The summed E-state index contributed by atoms with van der Waals surface area (Å²) < 4.78 is 17.1. The molecular weight excluding hydrogens is 405 g/mol. The number of rotatable bonds is 5. The fourth-order valence-corrected chi connectivity index (χ4v) is 2.49. The maximum absolute atomic E-state index is 9.48. The van der Waals surface area contributed by atoms with Crippen LogP contribution < -0.4 is 14.2 Å². The summed E-state index contributed by atoms with van der Waals surface area (Å²) in [6, 6.07) is 13.5. The van der Waals surface area contributed by atoms with E-state index in [1.165, 1.54) is 0 Å². The standard InChI is InChI=1S/C18H16INO3/c1-21-16-10-18(23-3)17(22-2)9-13(16)8-14(11-20)12-4-6-15(19)7-5-12/h4-10H,1-3H3/b14-8+. The largest absolute Gasteiger partial charge is 0.496 e. The first-order valence-corrected chi connectivity index (χ1v) is 7.88. The monoisotopic (exact) mass is 421 g/mol. The van der Waals surface area contributed by atoms with Crippen LogP contribution in [-0.2, 0) is 0 Å². The van der Waals surface area contributed by atoms with E-state index in [0.717, 1.165) is 14.7 Å². The van der Waals surface area contributed by atoms with Crippen molar-refractivity contribution in [3.05, 3.63) is 51.1 Å². The Hall–Kier alpha value is -2.20. The van der Waals surface area contributed by atoms with Crippen molar-refractivity contribution in [3.8, 4) is 23.3 Å². The zero-order valence-electron chi connectivity index (χ0n) is 13.1. The van der Waals surface area contributed by atoms with Crippen LogP contribution in [0.1, 0.15) is 11.1 Å². The van der Waals surface area contributed by atoms with Gasteiger partial charge in [-0.15, -0.1) is 0 Å². The minimum Gasteiger partial charge on any atom is -0.496 e. The Bertz CT molecular complexity index is 761. The third-order valence-electron chi connectivity index (χ3n) is 3.31. The van der Waals surface area contributed by atoms with Crippen molar-refractivity contribution in [2.45, 2.75) is 0 Å². The number of hydrogen-bond acceptors (Lipinski definition) is 4. The van der Waals surface area contributed by atoms with Crippen LogP contribution in [0.5, 0.6) is 17.2 Å². The van der Waals surface area contributed by atoms with Gasteiger partial charge in [0, 0.05) is 15.2 Å². The fraction of sp³-hybridized carbons (Fsp3) is 0.167. The number of nitriles is 1. The molecule has 0 saturated carbocycles. The first-order valence-electron chi connectivity index (χ1n) is 6.80. The smallest absolute Gasteiger partial charge is 0.164 e. The molecular formula is C18H16INO3. The van der Waals surface area contributed by atoms with E-state index in [2.05, 4.69) is 28.7 Å². The number of ether oxygens (including phenoxy) is 3. The lowest BCUT2D eigenvalue weighted by Gasteiger charge is -2.12. The Morgan fingerprint density at radius 3 is 2.04 bits per heavy atom. The molecule has 0 unspecified atom stereocenters. The van der Waals surface area contributed by atoms with Crippen LogP contribution in [0.25, 0.3) is 11.6 Å². The molecule has 0 aromatic heterocycles. The highest BCUT2D eigenvalue weighted by atomic mass is 127. The summed E-state index contributed by atoms with van der Waals surface area (Å²) in [5.74, 6) is 1.77. The molecule has 2 aromatic rings. The third-order valence-corrected chi connectivity index (χ3v) is 4.03. The predicted octanol–water partition coefficient (Wildman–Crippen LogP) is 4.38. The number of methoxy groups -OCH3 is 3. The third kappa shape index (κ3) is 3.96. The molecule has 0 saturated heterocycles. The van der Waals surface area contributed by atoms with Crippen molar-refractivity contribution in [2.24, 2.45) is 0 Å². The fourth-order valence-electron chi connectivity index (χ4n) is 2.13. The minimum absolute atomic E-state index is 0.548. The molecule has 0 aliphatic heterocycles. The number of halogens is 1. The Morgan fingerprint density at radius 1 is 0.957 bits per heavy atom. The van der Waals surface area contributed by atoms with Gasteiger partial charge < -0.3 is 14.2 Å². The molecule has 2 rings (SSSR count). The van der Waals surface area contributed by atoms with Gasteiger partial charge in [0.25, 0.3) is 0 Å². The molecule has 0 fully saturated rings. The van der Waals surface area contributed by atoms with E-state index in [1.807, 2.05) is 24.3 Å². The van der Waals surface area contributed by atoms with Gasteiger partial charge in [-0.05, 0) is 52.4 Å². The van der Waals surface area contributed by atoms with Gasteiger partial charge in [0.15, 0.2) is 11.5 Å². The van der Waals surface area contributed by atoms with Gasteiger partial charge in [0.2, 0.25) is 0 Å². The van der Waals surface area contributed by atoms with Crippen molar-refractivity contribution in [1.29, 1.82) is 5.26 Å². The van der Waals surface area contributed by atoms with Gasteiger partial charge in [-0.25, -0.2) is 0 Å². The maximum atomic E-state index is 9.48. The van der Waals surface area contributed by atoms with E-state index < -0.39 is 0 Å². The molecule has 23 heavy (non-hydrogen) atoms. The average Bonchev–Trinajstić information content (AvgIpc) is 2.59. The summed E-state index contributed by atoms with van der Waals surface area (Å²) in [5, 5.41) is 9.48. The predicted molar refractivity (Wildman–Crippen MR) is 98.7 cm³/mol. The van der Waals surface area contributed by atoms with Gasteiger partial charge >= 0.3 is 0 Å². The molecule has 0 N–H and O–H groups in total. The molecule has 0 amide bonds. The summed E-state index contributed by atoms with van der Waals surface area (Å²) >= 11 is 2.23. The van der Waals surface area contributed by atoms with Crippen LogP contribution in [-0.4, -0.2) is 21.3 Å². The highest BCUT2D eigenvalue weighted by Crippen LogP contribution is 2.36. The zero-order valence-corrected chi connectivity index (χ0v) is 15.2. The van der Waals surface area contributed by atoms with E-state index in [0.29, 0.717) is 22.8 Å². The van der Waals surface area contributed by atoms with E-state index in [9.17, 15) is 5.26 Å². The van der Waals surface area contributed by atoms with Gasteiger partial charge in [0.05, 0.1) is 33.0 Å². The van der Waals surface area contributed by atoms with Crippen LogP contribution in [0, 0.1) is 14.9 Å². The van der Waals surface area contributed by atoms with Gasteiger partial charge in [0.1, 0.15) is 5.75 Å². The van der Waals surface area contributed by atoms with Gasteiger partial charge in [-0.3, -0.25) is 0 Å². The molecule has 118 valence electrons.